The number of aryl methyl sites for hydroxylation is 1. The number of para-hydroxylation sites is 1. The molecule has 1 aromatic heterocycles. The topological polar surface area (TPSA) is 63.1 Å². The van der Waals surface area contributed by atoms with E-state index in [4.69, 9.17) is 11.6 Å². The molecule has 0 radical (unpaired) electrons. The van der Waals surface area contributed by atoms with E-state index in [0.717, 1.165) is 10.9 Å². The fourth-order valence-electron chi connectivity index (χ4n) is 2.65. The van der Waals surface area contributed by atoms with Crippen LogP contribution in [0.25, 0.3) is 10.9 Å². The van der Waals surface area contributed by atoms with Crippen LogP contribution in [-0.2, 0) is 7.05 Å². The van der Waals surface area contributed by atoms with Crippen molar-refractivity contribution < 1.29 is 9.59 Å². The first-order valence-electron chi connectivity index (χ1n) is 7.92. The molecule has 5 nitrogen and oxygen atoms in total. The van der Waals surface area contributed by atoms with Crippen molar-refractivity contribution in [3.8, 4) is 0 Å². The van der Waals surface area contributed by atoms with Gasteiger partial charge in [-0.15, -0.1) is 0 Å². The van der Waals surface area contributed by atoms with E-state index in [2.05, 4.69) is 10.6 Å². The number of halogens is 1. The van der Waals surface area contributed by atoms with E-state index in [0.29, 0.717) is 29.4 Å². The van der Waals surface area contributed by atoms with Crippen molar-refractivity contribution in [2.75, 3.05) is 13.1 Å². The first kappa shape index (κ1) is 17.0. The van der Waals surface area contributed by atoms with Gasteiger partial charge >= 0.3 is 0 Å². The molecule has 0 spiro atoms. The smallest absolute Gasteiger partial charge is 0.267 e. The van der Waals surface area contributed by atoms with Gasteiger partial charge in [0.15, 0.2) is 0 Å². The van der Waals surface area contributed by atoms with Crippen molar-refractivity contribution in [2.24, 2.45) is 7.05 Å². The summed E-state index contributed by atoms with van der Waals surface area (Å²) in [5.74, 6) is -0.366. The fraction of sp³-hybridized carbons (Fsp3) is 0.158. The maximum absolute atomic E-state index is 12.3. The van der Waals surface area contributed by atoms with Gasteiger partial charge in [-0.05, 0) is 36.4 Å². The zero-order valence-corrected chi connectivity index (χ0v) is 14.5. The second-order valence-corrected chi connectivity index (χ2v) is 6.10. The van der Waals surface area contributed by atoms with E-state index in [-0.39, 0.29) is 11.8 Å². The minimum absolute atomic E-state index is 0.167. The van der Waals surface area contributed by atoms with Crippen LogP contribution < -0.4 is 10.6 Å². The molecule has 0 fully saturated rings. The SMILES string of the molecule is Cn1c(C(=O)NCCNC(=O)c2ccc(Cl)cc2)cc2ccccc21. The minimum atomic E-state index is -0.199. The Labute approximate surface area is 150 Å². The van der Waals surface area contributed by atoms with E-state index in [1.54, 1.807) is 24.3 Å². The zero-order chi connectivity index (χ0) is 17.8. The monoisotopic (exact) mass is 355 g/mol. The molecule has 2 amide bonds. The number of aromatic nitrogens is 1. The molecule has 0 aliphatic carbocycles. The molecule has 3 rings (SSSR count). The Morgan fingerprint density at radius 2 is 1.60 bits per heavy atom. The lowest BCUT2D eigenvalue weighted by Gasteiger charge is -2.08. The highest BCUT2D eigenvalue weighted by Crippen LogP contribution is 2.18. The van der Waals surface area contributed by atoms with Crippen molar-refractivity contribution in [1.29, 1.82) is 0 Å². The molecule has 2 aromatic carbocycles. The number of rotatable bonds is 5. The third-order valence-corrected chi connectivity index (χ3v) is 4.24. The molecule has 3 aromatic rings. The Morgan fingerprint density at radius 1 is 0.960 bits per heavy atom. The molecule has 2 N–H and O–H groups in total. The number of fused-ring (bicyclic) bond motifs is 1. The highest BCUT2D eigenvalue weighted by atomic mass is 35.5. The second-order valence-electron chi connectivity index (χ2n) is 5.67. The van der Waals surface area contributed by atoms with Gasteiger partial charge in [-0.3, -0.25) is 9.59 Å². The lowest BCUT2D eigenvalue weighted by atomic mass is 10.2. The van der Waals surface area contributed by atoms with Crippen molar-refractivity contribution in [3.63, 3.8) is 0 Å². The largest absolute Gasteiger partial charge is 0.350 e. The highest BCUT2D eigenvalue weighted by molar-refractivity contribution is 6.30. The number of benzene rings is 2. The van der Waals surface area contributed by atoms with E-state index in [9.17, 15) is 9.59 Å². The van der Waals surface area contributed by atoms with Crippen LogP contribution in [0.3, 0.4) is 0 Å². The molecule has 0 saturated heterocycles. The van der Waals surface area contributed by atoms with E-state index >= 15 is 0 Å². The lowest BCUT2D eigenvalue weighted by molar-refractivity contribution is 0.0923. The average Bonchev–Trinajstić information content (AvgIpc) is 2.96. The van der Waals surface area contributed by atoms with Gasteiger partial charge in [-0.1, -0.05) is 29.8 Å². The van der Waals surface area contributed by atoms with E-state index < -0.39 is 0 Å². The van der Waals surface area contributed by atoms with Crippen molar-refractivity contribution in [3.05, 3.63) is 70.9 Å². The number of carbonyl (C=O) groups excluding carboxylic acids is 2. The number of hydrogen-bond donors (Lipinski definition) is 2. The third-order valence-electron chi connectivity index (χ3n) is 3.99. The molecule has 0 atom stereocenters. The summed E-state index contributed by atoms with van der Waals surface area (Å²) in [6.07, 6.45) is 0. The summed E-state index contributed by atoms with van der Waals surface area (Å²) >= 11 is 5.80. The maximum Gasteiger partial charge on any atom is 0.267 e. The van der Waals surface area contributed by atoms with Gasteiger partial charge in [0.1, 0.15) is 5.69 Å². The van der Waals surface area contributed by atoms with Gasteiger partial charge < -0.3 is 15.2 Å². The number of amides is 2. The summed E-state index contributed by atoms with van der Waals surface area (Å²) in [7, 11) is 1.86. The predicted molar refractivity (Wildman–Crippen MR) is 99.0 cm³/mol. The number of carbonyl (C=O) groups is 2. The molecule has 0 unspecified atom stereocenters. The second kappa shape index (κ2) is 7.40. The summed E-state index contributed by atoms with van der Waals surface area (Å²) in [5.41, 5.74) is 2.12. The van der Waals surface area contributed by atoms with Crippen LogP contribution in [0.1, 0.15) is 20.8 Å². The van der Waals surface area contributed by atoms with Gasteiger partial charge in [0.05, 0.1) is 0 Å². The number of nitrogens with one attached hydrogen (secondary N) is 2. The average molecular weight is 356 g/mol. The van der Waals surface area contributed by atoms with Gasteiger partial charge in [0, 0.05) is 41.6 Å². The Hall–Kier alpha value is -2.79. The van der Waals surface area contributed by atoms with Gasteiger partial charge in [0.25, 0.3) is 11.8 Å². The Kier molecular flexibility index (Phi) is 5.05. The molecule has 0 aliphatic heterocycles. The van der Waals surface area contributed by atoms with Crippen LogP contribution in [-0.4, -0.2) is 29.5 Å². The summed E-state index contributed by atoms with van der Waals surface area (Å²) in [6.45, 7) is 0.691. The van der Waals surface area contributed by atoms with Crippen molar-refractivity contribution >= 4 is 34.3 Å². The number of hydrogen-bond acceptors (Lipinski definition) is 2. The van der Waals surface area contributed by atoms with Gasteiger partial charge in [-0.25, -0.2) is 0 Å². The maximum atomic E-state index is 12.3. The van der Waals surface area contributed by atoms with Crippen molar-refractivity contribution in [1.82, 2.24) is 15.2 Å². The molecule has 0 aliphatic rings. The van der Waals surface area contributed by atoms with Crippen LogP contribution in [0.5, 0.6) is 0 Å². The molecule has 0 saturated carbocycles. The Balaban J connectivity index is 1.53. The van der Waals surface area contributed by atoms with Crippen LogP contribution in [0.15, 0.2) is 54.6 Å². The molecule has 0 bridgehead atoms. The van der Waals surface area contributed by atoms with Crippen molar-refractivity contribution in [2.45, 2.75) is 0 Å². The van der Waals surface area contributed by atoms with E-state index in [1.807, 2.05) is 41.9 Å². The van der Waals surface area contributed by atoms with Crippen LogP contribution in [0, 0.1) is 0 Å². The third kappa shape index (κ3) is 3.83. The standard InChI is InChI=1S/C19H18ClN3O2/c1-23-16-5-3-2-4-14(16)12-17(23)19(25)22-11-10-21-18(24)13-6-8-15(20)9-7-13/h2-9,12H,10-11H2,1H3,(H,21,24)(H,22,25). The molecular weight excluding hydrogens is 338 g/mol. The number of nitrogens with zero attached hydrogens (tertiary/aromatic N) is 1. The zero-order valence-electron chi connectivity index (χ0n) is 13.8. The molecule has 1 heterocycles. The van der Waals surface area contributed by atoms with Gasteiger partial charge in [-0.2, -0.15) is 0 Å². The summed E-state index contributed by atoms with van der Waals surface area (Å²) in [6, 6.07) is 16.3. The Bertz CT molecular complexity index is 916. The predicted octanol–water partition coefficient (Wildman–Crippen LogP) is 2.99. The van der Waals surface area contributed by atoms with E-state index in [1.165, 1.54) is 0 Å². The minimum Gasteiger partial charge on any atom is -0.350 e. The van der Waals surface area contributed by atoms with Crippen LogP contribution in [0.2, 0.25) is 5.02 Å². The first-order valence-corrected chi connectivity index (χ1v) is 8.30. The Morgan fingerprint density at radius 3 is 2.28 bits per heavy atom. The van der Waals surface area contributed by atoms with Crippen LogP contribution in [0.4, 0.5) is 0 Å². The molecular formula is C19H18ClN3O2. The quantitative estimate of drug-likeness (QED) is 0.691. The summed E-state index contributed by atoms with van der Waals surface area (Å²) in [4.78, 5) is 24.3. The molecule has 6 heteroatoms. The summed E-state index contributed by atoms with van der Waals surface area (Å²) in [5, 5.41) is 7.19. The highest BCUT2D eigenvalue weighted by Gasteiger charge is 2.12. The molecule has 25 heavy (non-hydrogen) atoms. The normalized spacial score (nSPS) is 10.6. The lowest BCUT2D eigenvalue weighted by Crippen LogP contribution is -2.35. The first-order chi connectivity index (χ1) is 12.1. The fourth-order valence-corrected chi connectivity index (χ4v) is 2.78. The van der Waals surface area contributed by atoms with Crippen LogP contribution >= 0.6 is 11.6 Å². The molecule has 128 valence electrons. The van der Waals surface area contributed by atoms with Gasteiger partial charge in [0.2, 0.25) is 0 Å². The summed E-state index contributed by atoms with van der Waals surface area (Å²) < 4.78 is 1.86.